The summed E-state index contributed by atoms with van der Waals surface area (Å²) in [7, 11) is 1.66. The molecule has 4 rings (SSSR count). The Morgan fingerprint density at radius 3 is 2.58 bits per heavy atom. The van der Waals surface area contributed by atoms with Crippen LogP contribution >= 0.6 is 0 Å². The first kappa shape index (κ1) is 22.4. The maximum absolute atomic E-state index is 13.8. The van der Waals surface area contributed by atoms with Crippen LogP contribution in [0.2, 0.25) is 0 Å². The van der Waals surface area contributed by atoms with E-state index in [0.717, 1.165) is 16.8 Å². The third kappa shape index (κ3) is 4.41. The van der Waals surface area contributed by atoms with Crippen molar-refractivity contribution in [3.8, 4) is 11.3 Å². The van der Waals surface area contributed by atoms with E-state index < -0.39 is 36.3 Å². The molecule has 4 aromatic rings. The number of amides is 1. The van der Waals surface area contributed by atoms with Gasteiger partial charge < -0.3 is 5.32 Å². The molecule has 0 bridgehead atoms. The Balaban J connectivity index is 1.73. The SMILES string of the molecule is Cc1nn(CC(=O)Nc2ccccc2C(F)(F)F)c2nc(-c3cnn(C)c3)cc(C(F)F)c12. The molecule has 0 saturated carbocycles. The Morgan fingerprint density at radius 2 is 1.94 bits per heavy atom. The molecule has 0 aliphatic carbocycles. The summed E-state index contributed by atoms with van der Waals surface area (Å²) in [5.41, 5.74) is -0.815. The van der Waals surface area contributed by atoms with E-state index in [4.69, 9.17) is 0 Å². The van der Waals surface area contributed by atoms with Crippen LogP contribution in [0.3, 0.4) is 0 Å². The minimum Gasteiger partial charge on any atom is -0.324 e. The van der Waals surface area contributed by atoms with E-state index >= 15 is 0 Å². The minimum absolute atomic E-state index is 0.0170. The lowest BCUT2D eigenvalue weighted by Crippen LogP contribution is -2.22. The van der Waals surface area contributed by atoms with Crippen molar-refractivity contribution in [2.24, 2.45) is 7.05 Å². The fraction of sp³-hybridized carbons (Fsp3) is 0.238. The van der Waals surface area contributed by atoms with Crippen LogP contribution in [0.1, 0.15) is 23.2 Å². The summed E-state index contributed by atoms with van der Waals surface area (Å²) < 4.78 is 69.9. The van der Waals surface area contributed by atoms with E-state index in [1.165, 1.54) is 36.0 Å². The summed E-state index contributed by atoms with van der Waals surface area (Å²) in [5.74, 6) is -0.816. The zero-order valence-electron chi connectivity index (χ0n) is 17.4. The van der Waals surface area contributed by atoms with Gasteiger partial charge in [0.15, 0.2) is 5.65 Å². The first-order valence-corrected chi connectivity index (χ1v) is 9.66. The predicted octanol–water partition coefficient (Wildman–Crippen LogP) is 4.74. The van der Waals surface area contributed by atoms with E-state index in [1.807, 2.05) is 0 Å². The highest BCUT2D eigenvalue weighted by Crippen LogP contribution is 2.35. The van der Waals surface area contributed by atoms with Crippen molar-refractivity contribution in [1.82, 2.24) is 24.5 Å². The molecule has 1 amide bonds. The second-order valence-corrected chi connectivity index (χ2v) is 7.33. The summed E-state index contributed by atoms with van der Waals surface area (Å²) in [6, 6.07) is 5.77. The van der Waals surface area contributed by atoms with Gasteiger partial charge >= 0.3 is 6.18 Å². The Morgan fingerprint density at radius 1 is 1.21 bits per heavy atom. The van der Waals surface area contributed by atoms with Gasteiger partial charge in [0.1, 0.15) is 6.54 Å². The summed E-state index contributed by atoms with van der Waals surface area (Å²) >= 11 is 0. The van der Waals surface area contributed by atoms with Gasteiger partial charge in [-0.1, -0.05) is 12.1 Å². The molecule has 0 radical (unpaired) electrons. The molecule has 7 nitrogen and oxygen atoms in total. The number of nitrogens with zero attached hydrogens (tertiary/aromatic N) is 5. The van der Waals surface area contributed by atoms with Gasteiger partial charge in [-0.05, 0) is 25.1 Å². The summed E-state index contributed by atoms with van der Waals surface area (Å²) in [6.45, 7) is 0.968. The van der Waals surface area contributed by atoms with Gasteiger partial charge in [0, 0.05) is 24.4 Å². The molecule has 1 N–H and O–H groups in total. The van der Waals surface area contributed by atoms with Crippen LogP contribution in [0.5, 0.6) is 0 Å². The van der Waals surface area contributed by atoms with Gasteiger partial charge in [-0.15, -0.1) is 0 Å². The van der Waals surface area contributed by atoms with Gasteiger partial charge in [-0.2, -0.15) is 23.4 Å². The lowest BCUT2D eigenvalue weighted by molar-refractivity contribution is -0.137. The van der Waals surface area contributed by atoms with Crippen molar-refractivity contribution >= 4 is 22.6 Å². The zero-order valence-corrected chi connectivity index (χ0v) is 17.4. The number of hydrogen-bond acceptors (Lipinski definition) is 4. The second-order valence-electron chi connectivity index (χ2n) is 7.33. The highest BCUT2D eigenvalue weighted by molar-refractivity contribution is 5.93. The molecule has 33 heavy (non-hydrogen) atoms. The predicted molar refractivity (Wildman–Crippen MR) is 109 cm³/mol. The Hall–Kier alpha value is -3.83. The smallest absolute Gasteiger partial charge is 0.324 e. The number of nitrogens with one attached hydrogen (secondary N) is 1. The van der Waals surface area contributed by atoms with Crippen molar-refractivity contribution in [2.45, 2.75) is 26.1 Å². The molecule has 0 aliphatic heterocycles. The second kappa shape index (κ2) is 8.26. The summed E-state index contributed by atoms with van der Waals surface area (Å²) in [6.07, 6.45) is -4.45. The van der Waals surface area contributed by atoms with Crippen LogP contribution in [-0.2, 0) is 24.6 Å². The molecule has 3 aromatic heterocycles. The van der Waals surface area contributed by atoms with Crippen molar-refractivity contribution in [1.29, 1.82) is 0 Å². The molecular weight excluding hydrogens is 447 g/mol. The van der Waals surface area contributed by atoms with Crippen LogP contribution < -0.4 is 5.32 Å². The summed E-state index contributed by atoms with van der Waals surface area (Å²) in [4.78, 5) is 17.0. The van der Waals surface area contributed by atoms with Gasteiger partial charge in [-0.25, -0.2) is 18.4 Å². The number of aryl methyl sites for hydroxylation is 2. The first-order valence-electron chi connectivity index (χ1n) is 9.66. The molecule has 1 aromatic carbocycles. The molecule has 12 heteroatoms. The third-order valence-electron chi connectivity index (χ3n) is 4.94. The highest BCUT2D eigenvalue weighted by atomic mass is 19.4. The Labute approximate surface area is 183 Å². The minimum atomic E-state index is -4.66. The van der Waals surface area contributed by atoms with Crippen LogP contribution in [-0.4, -0.2) is 30.5 Å². The summed E-state index contributed by atoms with van der Waals surface area (Å²) in [5, 5.41) is 10.5. The molecule has 172 valence electrons. The molecule has 0 unspecified atom stereocenters. The molecular formula is C21H17F5N6O. The number of aromatic nitrogens is 5. The van der Waals surface area contributed by atoms with Gasteiger partial charge in [-0.3, -0.25) is 9.48 Å². The van der Waals surface area contributed by atoms with Crippen molar-refractivity contribution in [2.75, 3.05) is 5.32 Å². The number of pyridine rings is 1. The topological polar surface area (TPSA) is 77.6 Å². The number of hydrogen-bond donors (Lipinski definition) is 1. The van der Waals surface area contributed by atoms with Crippen LogP contribution in [0, 0.1) is 6.92 Å². The molecule has 0 fully saturated rings. The van der Waals surface area contributed by atoms with E-state index in [9.17, 15) is 26.7 Å². The molecule has 0 saturated heterocycles. The van der Waals surface area contributed by atoms with Crippen molar-refractivity contribution in [3.05, 3.63) is 59.5 Å². The Kier molecular flexibility index (Phi) is 5.60. The monoisotopic (exact) mass is 464 g/mol. The van der Waals surface area contributed by atoms with E-state index in [2.05, 4.69) is 20.5 Å². The number of halogens is 5. The zero-order chi connectivity index (χ0) is 23.9. The van der Waals surface area contributed by atoms with Crippen molar-refractivity contribution in [3.63, 3.8) is 0 Å². The average molecular weight is 464 g/mol. The fourth-order valence-electron chi connectivity index (χ4n) is 3.54. The fourth-order valence-corrected chi connectivity index (χ4v) is 3.54. The van der Waals surface area contributed by atoms with E-state index in [1.54, 1.807) is 13.2 Å². The standard InChI is InChI=1S/C21H17F5N6O/c1-11-18-13(19(22)23)7-16(12-8-27-31(2)9-12)29-20(18)32(30-11)10-17(33)28-15-6-4-3-5-14(15)21(24,25)26/h3-9,19H,10H2,1-2H3,(H,28,33). The van der Waals surface area contributed by atoms with E-state index in [-0.39, 0.29) is 28.0 Å². The van der Waals surface area contributed by atoms with Crippen LogP contribution in [0.15, 0.2) is 42.7 Å². The number of anilines is 1. The van der Waals surface area contributed by atoms with Gasteiger partial charge in [0.25, 0.3) is 6.43 Å². The number of carbonyl (C=O) groups excluding carboxylic acids is 1. The van der Waals surface area contributed by atoms with Gasteiger partial charge in [0.05, 0.1) is 34.2 Å². The normalized spacial score (nSPS) is 12.0. The first-order chi connectivity index (χ1) is 15.5. The number of para-hydroxylation sites is 1. The third-order valence-corrected chi connectivity index (χ3v) is 4.94. The molecule has 0 spiro atoms. The molecule has 0 atom stereocenters. The maximum Gasteiger partial charge on any atom is 0.418 e. The maximum atomic E-state index is 13.8. The van der Waals surface area contributed by atoms with Gasteiger partial charge in [0.2, 0.25) is 5.91 Å². The average Bonchev–Trinajstić information content (AvgIpc) is 3.30. The lowest BCUT2D eigenvalue weighted by Gasteiger charge is -2.13. The number of rotatable bonds is 5. The van der Waals surface area contributed by atoms with Crippen molar-refractivity contribution < 1.29 is 26.7 Å². The molecule has 3 heterocycles. The number of alkyl halides is 5. The van der Waals surface area contributed by atoms with Crippen LogP contribution in [0.25, 0.3) is 22.3 Å². The highest BCUT2D eigenvalue weighted by Gasteiger charge is 2.33. The van der Waals surface area contributed by atoms with Crippen LogP contribution in [0.4, 0.5) is 27.6 Å². The lowest BCUT2D eigenvalue weighted by atomic mass is 10.1. The number of benzene rings is 1. The number of fused-ring (bicyclic) bond motifs is 1. The Bertz CT molecular complexity index is 1340. The van der Waals surface area contributed by atoms with E-state index in [0.29, 0.717) is 5.56 Å². The quantitative estimate of drug-likeness (QED) is 0.433. The molecule has 0 aliphatic rings. The number of carbonyl (C=O) groups is 1. The largest absolute Gasteiger partial charge is 0.418 e.